The van der Waals surface area contributed by atoms with Crippen molar-refractivity contribution in [1.82, 2.24) is 9.97 Å². The van der Waals surface area contributed by atoms with Crippen LogP contribution in [0.1, 0.15) is 38.2 Å². The predicted octanol–water partition coefficient (Wildman–Crippen LogP) is 4.96. The summed E-state index contributed by atoms with van der Waals surface area (Å²) in [5.41, 5.74) is 1.79. The van der Waals surface area contributed by atoms with Crippen molar-refractivity contribution in [2.45, 2.75) is 45.6 Å². The van der Waals surface area contributed by atoms with Gasteiger partial charge in [0.25, 0.3) is 0 Å². The minimum absolute atomic E-state index is 0.559. The van der Waals surface area contributed by atoms with Gasteiger partial charge >= 0.3 is 0 Å². The minimum atomic E-state index is 0.559. The molecule has 2 heterocycles. The molecule has 1 aromatic carbocycles. The number of hydrogen-bond acceptors (Lipinski definition) is 5. The minimum Gasteiger partial charge on any atom is -0.495 e. The van der Waals surface area contributed by atoms with Crippen LogP contribution in [0.15, 0.2) is 24.4 Å². The number of aromatic nitrogens is 2. The predicted molar refractivity (Wildman–Crippen MR) is 103 cm³/mol. The molecule has 6 heteroatoms. The quantitative estimate of drug-likeness (QED) is 0.816. The summed E-state index contributed by atoms with van der Waals surface area (Å²) in [5, 5.41) is 3.95. The number of nitrogens with one attached hydrogen (secondary N) is 1. The lowest BCUT2D eigenvalue weighted by Crippen LogP contribution is -2.39. The molecule has 1 aliphatic rings. The summed E-state index contributed by atoms with van der Waals surface area (Å²) in [7, 11) is 1.63. The van der Waals surface area contributed by atoms with Gasteiger partial charge in [0.1, 0.15) is 11.6 Å². The van der Waals surface area contributed by atoms with E-state index in [-0.39, 0.29) is 0 Å². The molecule has 0 amide bonds. The van der Waals surface area contributed by atoms with E-state index in [9.17, 15) is 0 Å². The van der Waals surface area contributed by atoms with Gasteiger partial charge in [0.2, 0.25) is 5.95 Å². The number of nitrogens with zero attached hydrogens (tertiary/aromatic N) is 3. The third-order valence-corrected chi connectivity index (χ3v) is 5.17. The van der Waals surface area contributed by atoms with Crippen molar-refractivity contribution in [2.24, 2.45) is 0 Å². The van der Waals surface area contributed by atoms with Crippen LogP contribution >= 0.6 is 11.6 Å². The van der Waals surface area contributed by atoms with E-state index in [2.05, 4.69) is 22.1 Å². The van der Waals surface area contributed by atoms with Crippen LogP contribution in [-0.2, 0) is 0 Å². The highest BCUT2D eigenvalue weighted by Gasteiger charge is 2.22. The van der Waals surface area contributed by atoms with E-state index in [1.165, 1.54) is 19.3 Å². The lowest BCUT2D eigenvalue weighted by atomic mass is 10.0. The van der Waals surface area contributed by atoms with Gasteiger partial charge in [-0.1, -0.05) is 18.5 Å². The van der Waals surface area contributed by atoms with E-state index >= 15 is 0 Å². The summed E-state index contributed by atoms with van der Waals surface area (Å²) >= 11 is 6.18. The Hall–Kier alpha value is -2.01. The van der Waals surface area contributed by atoms with Crippen LogP contribution in [-0.4, -0.2) is 29.7 Å². The van der Waals surface area contributed by atoms with Crippen LogP contribution in [0.25, 0.3) is 0 Å². The number of halogens is 1. The van der Waals surface area contributed by atoms with E-state index in [1.54, 1.807) is 19.4 Å². The zero-order valence-electron chi connectivity index (χ0n) is 15.1. The van der Waals surface area contributed by atoms with Gasteiger partial charge in [-0.25, -0.2) is 4.98 Å². The molecule has 1 saturated heterocycles. The summed E-state index contributed by atoms with van der Waals surface area (Å²) in [5.74, 6) is 2.22. The van der Waals surface area contributed by atoms with Crippen molar-refractivity contribution in [3.05, 3.63) is 35.0 Å². The molecule has 0 radical (unpaired) electrons. The van der Waals surface area contributed by atoms with E-state index in [1.807, 2.05) is 19.1 Å². The number of piperidine rings is 1. The molecule has 0 saturated carbocycles. The maximum absolute atomic E-state index is 6.18. The van der Waals surface area contributed by atoms with Crippen LogP contribution in [0.3, 0.4) is 0 Å². The maximum Gasteiger partial charge on any atom is 0.229 e. The van der Waals surface area contributed by atoms with Crippen LogP contribution in [0.4, 0.5) is 17.5 Å². The number of benzene rings is 1. The van der Waals surface area contributed by atoms with Gasteiger partial charge in [-0.2, -0.15) is 4.98 Å². The molecule has 134 valence electrons. The Balaban J connectivity index is 1.86. The molecule has 25 heavy (non-hydrogen) atoms. The summed E-state index contributed by atoms with van der Waals surface area (Å²) < 4.78 is 5.42. The Kier molecular flexibility index (Phi) is 5.63. The Labute approximate surface area is 154 Å². The van der Waals surface area contributed by atoms with Gasteiger partial charge in [-0.3, -0.25) is 0 Å². The van der Waals surface area contributed by atoms with E-state index in [0.29, 0.717) is 22.8 Å². The van der Waals surface area contributed by atoms with Crippen molar-refractivity contribution in [3.63, 3.8) is 0 Å². The van der Waals surface area contributed by atoms with Gasteiger partial charge in [-0.05, 0) is 50.3 Å². The smallest absolute Gasteiger partial charge is 0.229 e. The number of aryl methyl sites for hydroxylation is 1. The van der Waals surface area contributed by atoms with E-state index in [4.69, 9.17) is 21.3 Å². The summed E-state index contributed by atoms with van der Waals surface area (Å²) in [6.45, 7) is 5.26. The molecule has 1 atom stereocenters. The van der Waals surface area contributed by atoms with Crippen LogP contribution in [0.2, 0.25) is 5.02 Å². The van der Waals surface area contributed by atoms with Crippen LogP contribution in [0, 0.1) is 6.92 Å². The number of methoxy groups -OCH3 is 1. The third kappa shape index (κ3) is 3.98. The average molecular weight is 361 g/mol. The molecule has 1 unspecified atom stereocenters. The highest BCUT2D eigenvalue weighted by molar-refractivity contribution is 6.31. The zero-order chi connectivity index (χ0) is 17.8. The molecule has 1 fully saturated rings. The first-order valence-corrected chi connectivity index (χ1v) is 9.21. The highest BCUT2D eigenvalue weighted by Crippen LogP contribution is 2.33. The summed E-state index contributed by atoms with van der Waals surface area (Å²) in [6, 6.07) is 6.31. The Morgan fingerprint density at radius 1 is 1.36 bits per heavy atom. The summed E-state index contributed by atoms with van der Waals surface area (Å²) in [4.78, 5) is 11.5. The Bertz CT molecular complexity index is 737. The Morgan fingerprint density at radius 2 is 2.20 bits per heavy atom. The van der Waals surface area contributed by atoms with Gasteiger partial charge in [0.05, 0.1) is 12.8 Å². The fraction of sp³-hybridized carbons (Fsp3) is 0.474. The number of rotatable bonds is 5. The van der Waals surface area contributed by atoms with E-state index < -0.39 is 0 Å². The fourth-order valence-electron chi connectivity index (χ4n) is 3.35. The fourth-order valence-corrected chi connectivity index (χ4v) is 3.50. The normalized spacial score (nSPS) is 17.4. The van der Waals surface area contributed by atoms with Crippen molar-refractivity contribution in [1.29, 1.82) is 0 Å². The van der Waals surface area contributed by atoms with Gasteiger partial charge < -0.3 is 15.0 Å². The molecule has 1 aromatic heterocycles. The number of ether oxygens (including phenoxy) is 1. The molecule has 0 aliphatic carbocycles. The number of anilines is 3. The first-order chi connectivity index (χ1) is 12.1. The molecular weight excluding hydrogens is 336 g/mol. The lowest BCUT2D eigenvalue weighted by Gasteiger charge is -2.36. The zero-order valence-corrected chi connectivity index (χ0v) is 15.8. The largest absolute Gasteiger partial charge is 0.495 e. The van der Waals surface area contributed by atoms with Crippen molar-refractivity contribution in [3.8, 4) is 5.75 Å². The van der Waals surface area contributed by atoms with Gasteiger partial charge in [0.15, 0.2) is 0 Å². The monoisotopic (exact) mass is 360 g/mol. The average Bonchev–Trinajstić information content (AvgIpc) is 2.64. The number of hydrogen-bond donors (Lipinski definition) is 1. The molecule has 5 nitrogen and oxygen atoms in total. The molecule has 1 aliphatic heterocycles. The van der Waals surface area contributed by atoms with Crippen LogP contribution < -0.4 is 15.0 Å². The standard InChI is InChI=1S/C19H25ClN4O/c1-4-14-7-5-6-10-24(14)18-8-9-21-19(23-18)22-16-11-13(2)15(20)12-17(16)25-3/h8-9,11-12,14H,4-7,10H2,1-3H3,(H,21,22,23). The first kappa shape index (κ1) is 17.8. The molecular formula is C19H25ClN4O. The molecule has 0 spiro atoms. The van der Waals surface area contributed by atoms with Gasteiger partial charge in [-0.15, -0.1) is 0 Å². The third-order valence-electron chi connectivity index (χ3n) is 4.76. The van der Waals surface area contributed by atoms with Gasteiger partial charge in [0, 0.05) is 29.9 Å². The molecule has 1 N–H and O–H groups in total. The molecule has 0 bridgehead atoms. The topological polar surface area (TPSA) is 50.3 Å². The SMILES string of the molecule is CCC1CCCCN1c1ccnc(Nc2cc(C)c(Cl)cc2OC)n1. The first-order valence-electron chi connectivity index (χ1n) is 8.83. The van der Waals surface area contributed by atoms with Crippen molar-refractivity contribution < 1.29 is 4.74 Å². The molecule has 3 rings (SSSR count). The van der Waals surface area contributed by atoms with Crippen LogP contribution in [0.5, 0.6) is 5.75 Å². The molecule has 2 aromatic rings. The highest BCUT2D eigenvalue weighted by atomic mass is 35.5. The van der Waals surface area contributed by atoms with Crippen molar-refractivity contribution in [2.75, 3.05) is 23.9 Å². The van der Waals surface area contributed by atoms with Crippen molar-refractivity contribution >= 4 is 29.1 Å². The second-order valence-corrected chi connectivity index (χ2v) is 6.82. The van der Waals surface area contributed by atoms with E-state index in [0.717, 1.165) is 30.0 Å². The lowest BCUT2D eigenvalue weighted by molar-refractivity contribution is 0.416. The second-order valence-electron chi connectivity index (χ2n) is 6.42. The maximum atomic E-state index is 6.18. The Morgan fingerprint density at radius 3 is 2.96 bits per heavy atom. The summed E-state index contributed by atoms with van der Waals surface area (Å²) in [6.07, 6.45) is 6.69. The second kappa shape index (κ2) is 7.91.